The van der Waals surface area contributed by atoms with Gasteiger partial charge >= 0.3 is 0 Å². The molecule has 7 heteroatoms. The fourth-order valence-corrected chi connectivity index (χ4v) is 4.44. The van der Waals surface area contributed by atoms with Gasteiger partial charge < -0.3 is 15.0 Å². The minimum absolute atomic E-state index is 0.00219. The Balaban J connectivity index is 1.20. The Morgan fingerprint density at radius 3 is 2.61 bits per heavy atom. The number of rotatable bonds is 8. The van der Waals surface area contributed by atoms with Crippen molar-refractivity contribution in [3.8, 4) is 0 Å². The molecular weight excluding hydrogens is 392 g/mol. The standard InChI is InChI=1S/C24H32N4O3/c29-23(9-5-4-8-19-6-2-1-3-7-19)27-15-11-21(12-16-27)28-22(10-14-25-28)26-24(30)20-13-17-31-18-20/h1-3,6-7,10,14,20-21H,4-5,8-9,11-13,15-18H2,(H,26,30)/t20-/m1/s1. The molecule has 2 fully saturated rings. The summed E-state index contributed by atoms with van der Waals surface area (Å²) in [5.41, 5.74) is 1.33. The van der Waals surface area contributed by atoms with E-state index in [4.69, 9.17) is 4.74 Å². The first-order chi connectivity index (χ1) is 15.2. The van der Waals surface area contributed by atoms with Crippen molar-refractivity contribution in [1.82, 2.24) is 14.7 Å². The number of unbranched alkanes of at least 4 members (excludes halogenated alkanes) is 1. The zero-order valence-electron chi connectivity index (χ0n) is 18.0. The number of aryl methyl sites for hydroxylation is 1. The van der Waals surface area contributed by atoms with E-state index in [1.165, 1.54) is 5.56 Å². The number of carbonyl (C=O) groups excluding carboxylic acids is 2. The van der Waals surface area contributed by atoms with Gasteiger partial charge in [0.25, 0.3) is 0 Å². The minimum Gasteiger partial charge on any atom is -0.381 e. The molecule has 2 amide bonds. The van der Waals surface area contributed by atoms with Crippen molar-refractivity contribution in [3.05, 3.63) is 48.2 Å². The predicted octanol–water partition coefficient (Wildman–Crippen LogP) is 3.43. The van der Waals surface area contributed by atoms with E-state index in [9.17, 15) is 9.59 Å². The average molecular weight is 425 g/mol. The molecule has 166 valence electrons. The van der Waals surface area contributed by atoms with Crippen LogP contribution in [0.2, 0.25) is 0 Å². The lowest BCUT2D eigenvalue weighted by Crippen LogP contribution is -2.39. The molecule has 3 heterocycles. The largest absolute Gasteiger partial charge is 0.381 e. The van der Waals surface area contributed by atoms with Crippen LogP contribution in [-0.4, -0.2) is 52.8 Å². The SMILES string of the molecule is O=C(Nc1ccnn1C1CCN(C(=O)CCCCc2ccccc2)CC1)[C@@H]1CCOC1. The minimum atomic E-state index is -0.0790. The number of anilines is 1. The molecule has 1 aromatic carbocycles. The van der Waals surface area contributed by atoms with Gasteiger partial charge in [-0.15, -0.1) is 0 Å². The number of aromatic nitrogens is 2. The predicted molar refractivity (Wildman–Crippen MR) is 119 cm³/mol. The summed E-state index contributed by atoms with van der Waals surface area (Å²) in [6.07, 6.45) is 7.81. The van der Waals surface area contributed by atoms with E-state index in [0.29, 0.717) is 19.6 Å². The fraction of sp³-hybridized carbons (Fsp3) is 0.542. The molecule has 0 spiro atoms. The van der Waals surface area contributed by atoms with Gasteiger partial charge in [-0.1, -0.05) is 30.3 Å². The maximum Gasteiger partial charge on any atom is 0.231 e. The Kier molecular flexibility index (Phi) is 7.35. The van der Waals surface area contributed by atoms with Gasteiger partial charge in [0.15, 0.2) is 0 Å². The van der Waals surface area contributed by atoms with Crippen molar-refractivity contribution in [3.63, 3.8) is 0 Å². The zero-order valence-corrected chi connectivity index (χ0v) is 18.0. The van der Waals surface area contributed by atoms with E-state index >= 15 is 0 Å². The second kappa shape index (κ2) is 10.6. The summed E-state index contributed by atoms with van der Waals surface area (Å²) < 4.78 is 7.23. The number of benzene rings is 1. The lowest BCUT2D eigenvalue weighted by atomic mass is 10.0. The van der Waals surface area contributed by atoms with Gasteiger partial charge in [-0.2, -0.15) is 5.10 Å². The van der Waals surface area contributed by atoms with Crippen LogP contribution in [0.25, 0.3) is 0 Å². The van der Waals surface area contributed by atoms with Crippen LogP contribution in [0.4, 0.5) is 5.82 Å². The van der Waals surface area contributed by atoms with Crippen molar-refractivity contribution in [2.75, 3.05) is 31.6 Å². The number of nitrogens with one attached hydrogen (secondary N) is 1. The monoisotopic (exact) mass is 424 g/mol. The van der Waals surface area contributed by atoms with Crippen LogP contribution in [0.1, 0.15) is 50.1 Å². The maximum atomic E-state index is 12.6. The second-order valence-electron chi connectivity index (χ2n) is 8.52. The van der Waals surface area contributed by atoms with Gasteiger partial charge in [0, 0.05) is 32.2 Å². The average Bonchev–Trinajstić information content (AvgIpc) is 3.50. The summed E-state index contributed by atoms with van der Waals surface area (Å²) in [7, 11) is 0. The van der Waals surface area contributed by atoms with Crippen LogP contribution >= 0.6 is 0 Å². The van der Waals surface area contributed by atoms with Gasteiger partial charge in [0.1, 0.15) is 5.82 Å². The highest BCUT2D eigenvalue weighted by atomic mass is 16.5. The first-order valence-electron chi connectivity index (χ1n) is 11.4. The van der Waals surface area contributed by atoms with Crippen LogP contribution in [-0.2, 0) is 20.7 Å². The number of nitrogens with zero attached hydrogens (tertiary/aromatic N) is 3. The molecule has 0 saturated carbocycles. The Morgan fingerprint density at radius 2 is 1.87 bits per heavy atom. The van der Waals surface area contributed by atoms with Crippen LogP contribution in [0.15, 0.2) is 42.6 Å². The van der Waals surface area contributed by atoms with Crippen molar-refractivity contribution >= 4 is 17.6 Å². The van der Waals surface area contributed by atoms with Crippen LogP contribution in [0.5, 0.6) is 0 Å². The Hall–Kier alpha value is -2.67. The molecule has 1 N–H and O–H groups in total. The van der Waals surface area contributed by atoms with Gasteiger partial charge in [0.2, 0.25) is 11.8 Å². The number of likely N-dealkylation sites (tertiary alicyclic amines) is 1. The van der Waals surface area contributed by atoms with E-state index in [-0.39, 0.29) is 23.8 Å². The topological polar surface area (TPSA) is 76.5 Å². The number of hydrogen-bond acceptors (Lipinski definition) is 4. The Labute approximate surface area is 183 Å². The van der Waals surface area contributed by atoms with E-state index in [0.717, 1.165) is 57.4 Å². The van der Waals surface area contributed by atoms with Crippen molar-refractivity contribution < 1.29 is 14.3 Å². The van der Waals surface area contributed by atoms with Gasteiger partial charge in [0.05, 0.1) is 24.8 Å². The summed E-state index contributed by atoms with van der Waals surface area (Å²) in [6, 6.07) is 12.5. The number of hydrogen-bond donors (Lipinski definition) is 1. The van der Waals surface area contributed by atoms with E-state index in [1.54, 1.807) is 6.20 Å². The number of piperidine rings is 1. The van der Waals surface area contributed by atoms with Crippen molar-refractivity contribution in [1.29, 1.82) is 0 Å². The number of carbonyl (C=O) groups is 2. The van der Waals surface area contributed by atoms with Crippen LogP contribution in [0, 0.1) is 5.92 Å². The van der Waals surface area contributed by atoms with Crippen molar-refractivity contribution in [2.24, 2.45) is 5.92 Å². The number of amides is 2. The van der Waals surface area contributed by atoms with E-state index in [2.05, 4.69) is 34.7 Å². The molecule has 7 nitrogen and oxygen atoms in total. The summed E-state index contributed by atoms with van der Waals surface area (Å²) in [4.78, 5) is 27.0. The van der Waals surface area contributed by atoms with Crippen molar-refractivity contribution in [2.45, 2.75) is 51.0 Å². The zero-order chi connectivity index (χ0) is 21.5. The highest BCUT2D eigenvalue weighted by molar-refractivity contribution is 5.92. The smallest absolute Gasteiger partial charge is 0.231 e. The summed E-state index contributed by atoms with van der Waals surface area (Å²) in [5, 5.41) is 7.46. The lowest BCUT2D eigenvalue weighted by molar-refractivity contribution is -0.132. The first kappa shape index (κ1) is 21.6. The molecule has 1 atom stereocenters. The van der Waals surface area contributed by atoms with Gasteiger partial charge in [-0.05, 0) is 44.1 Å². The molecule has 0 bridgehead atoms. The third-order valence-electron chi connectivity index (χ3n) is 6.33. The Morgan fingerprint density at radius 1 is 1.06 bits per heavy atom. The molecule has 0 aliphatic carbocycles. The maximum absolute atomic E-state index is 12.6. The third-order valence-corrected chi connectivity index (χ3v) is 6.33. The van der Waals surface area contributed by atoms with E-state index in [1.807, 2.05) is 21.7 Å². The summed E-state index contributed by atoms with van der Waals surface area (Å²) >= 11 is 0. The molecule has 2 saturated heterocycles. The fourth-order valence-electron chi connectivity index (χ4n) is 4.44. The summed E-state index contributed by atoms with van der Waals surface area (Å²) in [6.45, 7) is 2.62. The van der Waals surface area contributed by atoms with Crippen LogP contribution in [0.3, 0.4) is 0 Å². The molecule has 0 unspecified atom stereocenters. The van der Waals surface area contributed by atoms with E-state index < -0.39 is 0 Å². The highest BCUT2D eigenvalue weighted by Crippen LogP contribution is 2.26. The first-order valence-corrected chi connectivity index (χ1v) is 11.4. The molecular formula is C24H32N4O3. The molecule has 0 radical (unpaired) electrons. The number of ether oxygens (including phenoxy) is 1. The van der Waals surface area contributed by atoms with Gasteiger partial charge in [-0.25, -0.2) is 4.68 Å². The quantitative estimate of drug-likeness (QED) is 0.659. The Bertz CT molecular complexity index is 853. The van der Waals surface area contributed by atoms with Gasteiger partial charge in [-0.3, -0.25) is 9.59 Å². The second-order valence-corrected chi connectivity index (χ2v) is 8.52. The van der Waals surface area contributed by atoms with Crippen LogP contribution < -0.4 is 5.32 Å². The molecule has 31 heavy (non-hydrogen) atoms. The molecule has 1 aromatic heterocycles. The lowest BCUT2D eigenvalue weighted by Gasteiger charge is -2.33. The molecule has 4 rings (SSSR count). The molecule has 2 aliphatic rings. The third kappa shape index (κ3) is 5.73. The molecule has 2 aliphatic heterocycles. The molecule has 2 aromatic rings. The highest BCUT2D eigenvalue weighted by Gasteiger charge is 2.27. The summed E-state index contributed by atoms with van der Waals surface area (Å²) in [5.74, 6) is 0.913. The normalized spacial score (nSPS) is 19.5.